The quantitative estimate of drug-likeness (QED) is 0.281. The van der Waals surface area contributed by atoms with Crippen LogP contribution in [0.1, 0.15) is 48.3 Å². The van der Waals surface area contributed by atoms with E-state index in [9.17, 15) is 14.7 Å². The summed E-state index contributed by atoms with van der Waals surface area (Å²) in [6.07, 6.45) is -0.584. The van der Waals surface area contributed by atoms with Gasteiger partial charge in [0.2, 0.25) is 5.91 Å². The first-order chi connectivity index (χ1) is 18.4. The summed E-state index contributed by atoms with van der Waals surface area (Å²) in [5.41, 5.74) is 3.21. The normalized spacial score (nSPS) is 19.1. The molecule has 3 N–H and O–H groups in total. The van der Waals surface area contributed by atoms with Crippen molar-refractivity contribution in [3.05, 3.63) is 89.5 Å². The van der Waals surface area contributed by atoms with Crippen LogP contribution in [0.4, 0.5) is 5.69 Å². The SMILES string of the molecule is COc1ccccc1SC[C@@H]1C[C@H](c2ccc(CO)cc2)O[C@H](c2ccc(NC(=O)CCC(=O)O)cc2)O1. The molecule has 4 rings (SSSR count). The number of anilines is 1. The van der Waals surface area contributed by atoms with Crippen molar-refractivity contribution in [1.82, 2.24) is 0 Å². The smallest absolute Gasteiger partial charge is 0.303 e. The van der Waals surface area contributed by atoms with Crippen LogP contribution >= 0.6 is 11.8 Å². The molecule has 3 atom stereocenters. The number of hydrogen-bond acceptors (Lipinski definition) is 7. The number of hydrogen-bond donors (Lipinski definition) is 3. The molecule has 8 nitrogen and oxygen atoms in total. The van der Waals surface area contributed by atoms with E-state index in [-0.39, 0.29) is 37.6 Å². The lowest BCUT2D eigenvalue weighted by atomic mass is 10.0. The lowest BCUT2D eigenvalue weighted by Gasteiger charge is -2.36. The number of aliphatic carboxylic acids is 1. The first kappa shape index (κ1) is 27.7. The number of thioether (sulfide) groups is 1. The van der Waals surface area contributed by atoms with Gasteiger partial charge in [-0.3, -0.25) is 9.59 Å². The van der Waals surface area contributed by atoms with Gasteiger partial charge in [-0.05, 0) is 35.4 Å². The Morgan fingerprint density at radius 2 is 1.68 bits per heavy atom. The van der Waals surface area contributed by atoms with Crippen LogP contribution in [0.2, 0.25) is 0 Å². The number of para-hydroxylation sites is 1. The number of methoxy groups -OCH3 is 1. The van der Waals surface area contributed by atoms with Crippen LogP contribution in [0.25, 0.3) is 0 Å². The van der Waals surface area contributed by atoms with Gasteiger partial charge < -0.3 is 29.7 Å². The zero-order valence-electron chi connectivity index (χ0n) is 21.0. The van der Waals surface area contributed by atoms with E-state index in [1.807, 2.05) is 60.7 Å². The van der Waals surface area contributed by atoms with E-state index in [4.69, 9.17) is 19.3 Å². The van der Waals surface area contributed by atoms with Crippen molar-refractivity contribution >= 4 is 29.3 Å². The van der Waals surface area contributed by atoms with Crippen molar-refractivity contribution in [2.24, 2.45) is 0 Å². The lowest BCUT2D eigenvalue weighted by molar-refractivity contribution is -0.245. The highest BCUT2D eigenvalue weighted by atomic mass is 32.2. The molecule has 0 radical (unpaired) electrons. The first-order valence-electron chi connectivity index (χ1n) is 12.3. The van der Waals surface area contributed by atoms with E-state index < -0.39 is 12.3 Å². The first-order valence-corrected chi connectivity index (χ1v) is 13.3. The molecule has 38 heavy (non-hydrogen) atoms. The third kappa shape index (κ3) is 7.58. The summed E-state index contributed by atoms with van der Waals surface area (Å²) in [4.78, 5) is 23.7. The van der Waals surface area contributed by atoms with Crippen molar-refractivity contribution in [2.45, 2.75) is 49.3 Å². The van der Waals surface area contributed by atoms with Crippen molar-refractivity contribution < 1.29 is 34.0 Å². The minimum atomic E-state index is -1.01. The van der Waals surface area contributed by atoms with Gasteiger partial charge in [0.1, 0.15) is 5.75 Å². The maximum atomic E-state index is 12.0. The number of amides is 1. The Kier molecular flexibility index (Phi) is 9.78. The number of carboxylic acid groups (broad SMARTS) is 1. The van der Waals surface area contributed by atoms with E-state index in [1.54, 1.807) is 31.0 Å². The molecule has 1 saturated heterocycles. The molecule has 9 heteroatoms. The van der Waals surface area contributed by atoms with E-state index in [0.29, 0.717) is 17.9 Å². The minimum absolute atomic E-state index is 0.0189. The average Bonchev–Trinajstić information content (AvgIpc) is 2.95. The molecule has 1 aliphatic rings. The van der Waals surface area contributed by atoms with Gasteiger partial charge in [-0.2, -0.15) is 0 Å². The molecule has 1 fully saturated rings. The summed E-state index contributed by atoms with van der Waals surface area (Å²) in [7, 11) is 1.66. The molecule has 0 unspecified atom stereocenters. The van der Waals surface area contributed by atoms with E-state index >= 15 is 0 Å². The maximum absolute atomic E-state index is 12.0. The van der Waals surface area contributed by atoms with E-state index in [2.05, 4.69) is 5.32 Å². The zero-order chi connectivity index (χ0) is 26.9. The topological polar surface area (TPSA) is 114 Å². The van der Waals surface area contributed by atoms with E-state index in [0.717, 1.165) is 27.3 Å². The average molecular weight is 538 g/mol. The Morgan fingerprint density at radius 3 is 2.37 bits per heavy atom. The molecule has 3 aromatic carbocycles. The van der Waals surface area contributed by atoms with Crippen molar-refractivity contribution in [3.63, 3.8) is 0 Å². The molecule has 0 aliphatic carbocycles. The number of carbonyl (C=O) groups is 2. The van der Waals surface area contributed by atoms with Crippen LogP contribution < -0.4 is 10.1 Å². The molecule has 1 aliphatic heterocycles. The van der Waals surface area contributed by atoms with Crippen molar-refractivity contribution in [3.8, 4) is 5.75 Å². The molecule has 0 spiro atoms. The Labute approximate surface area is 225 Å². The van der Waals surface area contributed by atoms with Crippen molar-refractivity contribution in [1.29, 1.82) is 0 Å². The van der Waals surface area contributed by atoms with E-state index in [1.165, 1.54) is 0 Å². The van der Waals surface area contributed by atoms with Gasteiger partial charge in [0, 0.05) is 34.7 Å². The number of benzene rings is 3. The number of rotatable bonds is 11. The number of ether oxygens (including phenoxy) is 3. The highest BCUT2D eigenvalue weighted by Gasteiger charge is 2.32. The number of carbonyl (C=O) groups excluding carboxylic acids is 1. The maximum Gasteiger partial charge on any atom is 0.303 e. The largest absolute Gasteiger partial charge is 0.496 e. The molecular weight excluding hydrogens is 506 g/mol. The second-order valence-corrected chi connectivity index (χ2v) is 9.94. The predicted octanol–water partition coefficient (Wildman–Crippen LogP) is 5.33. The lowest BCUT2D eigenvalue weighted by Crippen LogP contribution is -2.31. The number of nitrogens with one attached hydrogen (secondary N) is 1. The molecule has 0 aromatic heterocycles. The fourth-order valence-electron chi connectivity index (χ4n) is 4.11. The predicted molar refractivity (Wildman–Crippen MR) is 144 cm³/mol. The van der Waals surface area contributed by atoms with Gasteiger partial charge in [-0.1, -0.05) is 48.5 Å². The molecule has 200 valence electrons. The van der Waals surface area contributed by atoms with Crippen LogP contribution in [0.15, 0.2) is 77.7 Å². The molecule has 1 amide bonds. The standard InChI is InChI=1S/C29H31NO7S/c1-35-24-4-2-3-5-26(24)38-18-23-16-25(20-8-6-19(17-31)7-9-20)37-29(36-23)21-10-12-22(13-11-21)30-27(32)14-15-28(33)34/h2-13,23,25,29,31H,14-18H2,1H3,(H,30,32)(H,33,34)/t23-,25+,29+/m0/s1. The second kappa shape index (κ2) is 13.4. The monoisotopic (exact) mass is 537 g/mol. The molecule has 3 aromatic rings. The Bertz CT molecular complexity index is 1220. The summed E-state index contributed by atoms with van der Waals surface area (Å²) in [6.45, 7) is -0.0189. The zero-order valence-corrected chi connectivity index (χ0v) is 21.9. The van der Waals surface area contributed by atoms with Crippen LogP contribution in [-0.4, -0.2) is 41.1 Å². The summed E-state index contributed by atoms with van der Waals surface area (Å²) >= 11 is 1.67. The third-order valence-corrected chi connectivity index (χ3v) is 7.33. The molecular formula is C29H31NO7S. The number of aliphatic hydroxyl groups excluding tert-OH is 1. The highest BCUT2D eigenvalue weighted by Crippen LogP contribution is 2.40. The molecule has 0 bridgehead atoms. The van der Waals surface area contributed by atoms with Gasteiger partial charge in [-0.25, -0.2) is 0 Å². The van der Waals surface area contributed by atoms with Gasteiger partial charge >= 0.3 is 5.97 Å². The van der Waals surface area contributed by atoms with Gasteiger partial charge in [0.15, 0.2) is 6.29 Å². The third-order valence-electron chi connectivity index (χ3n) is 6.14. The minimum Gasteiger partial charge on any atom is -0.496 e. The Hall–Kier alpha value is -3.37. The fraction of sp³-hybridized carbons (Fsp3) is 0.310. The summed E-state index contributed by atoms with van der Waals surface area (Å²) in [5, 5.41) is 20.9. The number of aliphatic hydroxyl groups is 1. The van der Waals surface area contributed by atoms with Crippen LogP contribution in [0.5, 0.6) is 5.75 Å². The summed E-state index contributed by atoms with van der Waals surface area (Å²) in [6, 6.07) is 22.8. The van der Waals surface area contributed by atoms with Gasteiger partial charge in [-0.15, -0.1) is 11.8 Å². The van der Waals surface area contributed by atoms with Crippen LogP contribution in [-0.2, 0) is 25.7 Å². The van der Waals surface area contributed by atoms with Crippen molar-refractivity contribution in [2.75, 3.05) is 18.2 Å². The van der Waals surface area contributed by atoms with Crippen LogP contribution in [0, 0.1) is 0 Å². The fourth-order valence-corrected chi connectivity index (χ4v) is 5.16. The highest BCUT2D eigenvalue weighted by molar-refractivity contribution is 7.99. The van der Waals surface area contributed by atoms with Gasteiger partial charge in [0.25, 0.3) is 0 Å². The second-order valence-electron chi connectivity index (χ2n) is 8.88. The number of carboxylic acids is 1. The molecule has 1 heterocycles. The van der Waals surface area contributed by atoms with Crippen LogP contribution in [0.3, 0.4) is 0 Å². The summed E-state index contributed by atoms with van der Waals surface area (Å²) in [5.74, 6) is 0.146. The Balaban J connectivity index is 1.48. The summed E-state index contributed by atoms with van der Waals surface area (Å²) < 4.78 is 18.2. The van der Waals surface area contributed by atoms with Gasteiger partial charge in [0.05, 0.1) is 32.3 Å². The molecule has 0 saturated carbocycles. The Morgan fingerprint density at radius 1 is 0.974 bits per heavy atom.